The third-order valence-corrected chi connectivity index (χ3v) is 4.85. The highest BCUT2D eigenvalue weighted by Gasteiger charge is 2.14. The fourth-order valence-electron chi connectivity index (χ4n) is 3.01. The molecule has 0 atom stereocenters. The Hall–Kier alpha value is -3.65. The van der Waals surface area contributed by atoms with Gasteiger partial charge in [0.2, 0.25) is 0 Å². The Balaban J connectivity index is 1.67. The molecular formula is C22H18ClFN4O3. The van der Waals surface area contributed by atoms with E-state index in [1.807, 2.05) is 0 Å². The van der Waals surface area contributed by atoms with Crippen LogP contribution in [0, 0.1) is 12.7 Å². The summed E-state index contributed by atoms with van der Waals surface area (Å²) in [7, 11) is 1.52. The van der Waals surface area contributed by atoms with E-state index in [1.165, 1.54) is 25.6 Å². The molecule has 7 nitrogen and oxygen atoms in total. The Morgan fingerprint density at radius 1 is 1.10 bits per heavy atom. The van der Waals surface area contributed by atoms with Crippen molar-refractivity contribution in [2.24, 2.45) is 0 Å². The summed E-state index contributed by atoms with van der Waals surface area (Å²) >= 11 is 5.92. The number of halogens is 2. The number of benzene rings is 2. The molecule has 2 aromatic heterocycles. The molecule has 158 valence electrons. The van der Waals surface area contributed by atoms with Gasteiger partial charge in [0.25, 0.3) is 0 Å². The molecule has 0 unspecified atom stereocenters. The first kappa shape index (κ1) is 20.6. The topological polar surface area (TPSA) is 89.4 Å². The fourth-order valence-corrected chi connectivity index (χ4v) is 3.21. The molecular weight excluding hydrogens is 423 g/mol. The number of ether oxygens (including phenoxy) is 2. The number of rotatable bonds is 6. The molecule has 0 radical (unpaired) electrons. The largest absolute Gasteiger partial charge is 0.508 e. The van der Waals surface area contributed by atoms with Crippen LogP contribution in [0.15, 0.2) is 48.9 Å². The monoisotopic (exact) mass is 440 g/mol. The molecule has 0 amide bonds. The second-order valence-corrected chi connectivity index (χ2v) is 7.15. The molecule has 0 saturated carbocycles. The number of aromatic nitrogens is 3. The molecule has 0 spiro atoms. The molecule has 2 heterocycles. The lowest BCUT2D eigenvalue weighted by atomic mass is 10.1. The van der Waals surface area contributed by atoms with Crippen molar-refractivity contribution < 1.29 is 19.0 Å². The highest BCUT2D eigenvalue weighted by atomic mass is 35.5. The fraction of sp³-hybridized carbons (Fsp3) is 0.136. The number of pyridine rings is 1. The van der Waals surface area contributed by atoms with Gasteiger partial charge >= 0.3 is 0 Å². The minimum atomic E-state index is -0.509. The van der Waals surface area contributed by atoms with Crippen LogP contribution in [0.3, 0.4) is 0 Å². The van der Waals surface area contributed by atoms with Gasteiger partial charge in [-0.25, -0.2) is 19.3 Å². The highest BCUT2D eigenvalue weighted by molar-refractivity contribution is 6.29. The molecule has 0 saturated heterocycles. The average Bonchev–Trinajstić information content (AvgIpc) is 2.75. The van der Waals surface area contributed by atoms with E-state index in [9.17, 15) is 9.50 Å². The van der Waals surface area contributed by atoms with Crippen molar-refractivity contribution in [3.8, 4) is 17.2 Å². The van der Waals surface area contributed by atoms with Crippen molar-refractivity contribution in [3.63, 3.8) is 0 Å². The Morgan fingerprint density at radius 2 is 1.94 bits per heavy atom. The van der Waals surface area contributed by atoms with Crippen LogP contribution in [0.25, 0.3) is 10.9 Å². The lowest BCUT2D eigenvalue weighted by Crippen LogP contribution is -2.01. The number of phenols is 1. The van der Waals surface area contributed by atoms with Crippen molar-refractivity contribution >= 4 is 34.0 Å². The Bertz CT molecular complexity index is 1270. The van der Waals surface area contributed by atoms with Gasteiger partial charge in [0.15, 0.2) is 11.5 Å². The second kappa shape index (κ2) is 8.61. The minimum Gasteiger partial charge on any atom is -0.508 e. The van der Waals surface area contributed by atoms with Crippen LogP contribution in [0.2, 0.25) is 5.15 Å². The van der Waals surface area contributed by atoms with E-state index in [0.29, 0.717) is 38.9 Å². The number of hydrogen-bond donors (Lipinski definition) is 2. The summed E-state index contributed by atoms with van der Waals surface area (Å²) in [5, 5.41) is 13.8. The zero-order valence-corrected chi connectivity index (χ0v) is 17.4. The zero-order valence-electron chi connectivity index (χ0n) is 16.7. The maximum absolute atomic E-state index is 14.3. The molecule has 0 fully saturated rings. The van der Waals surface area contributed by atoms with Crippen LogP contribution in [0.5, 0.6) is 17.2 Å². The zero-order chi connectivity index (χ0) is 22.0. The second-order valence-electron chi connectivity index (χ2n) is 6.76. The summed E-state index contributed by atoms with van der Waals surface area (Å²) in [6, 6.07) is 9.50. The van der Waals surface area contributed by atoms with Crippen molar-refractivity contribution in [1.29, 1.82) is 0 Å². The molecule has 0 aliphatic rings. The van der Waals surface area contributed by atoms with Crippen LogP contribution < -0.4 is 14.8 Å². The maximum atomic E-state index is 14.3. The third-order valence-electron chi connectivity index (χ3n) is 4.64. The quantitative estimate of drug-likeness (QED) is 0.400. The summed E-state index contributed by atoms with van der Waals surface area (Å²) in [6.45, 7) is 1.88. The first-order valence-corrected chi connectivity index (χ1v) is 9.64. The molecule has 0 aliphatic heterocycles. The summed E-state index contributed by atoms with van der Waals surface area (Å²) in [5.74, 6) is 0.763. The third kappa shape index (κ3) is 4.44. The summed E-state index contributed by atoms with van der Waals surface area (Å²) in [4.78, 5) is 12.4. The summed E-state index contributed by atoms with van der Waals surface area (Å²) < 4.78 is 25.7. The molecule has 4 rings (SSSR count). The van der Waals surface area contributed by atoms with E-state index in [1.54, 1.807) is 37.4 Å². The van der Waals surface area contributed by atoms with Crippen molar-refractivity contribution in [2.45, 2.75) is 13.5 Å². The Labute approximate surface area is 182 Å². The predicted molar refractivity (Wildman–Crippen MR) is 116 cm³/mol. The van der Waals surface area contributed by atoms with Gasteiger partial charge in [0.05, 0.1) is 18.3 Å². The number of nitrogens with one attached hydrogen (secondary N) is 1. The minimum absolute atomic E-state index is 0.0215. The number of aromatic hydroxyl groups is 1. The summed E-state index contributed by atoms with van der Waals surface area (Å²) in [6.07, 6.45) is 2.96. The summed E-state index contributed by atoms with van der Waals surface area (Å²) in [5.41, 5.74) is 1.95. The SMILES string of the molecule is COc1cc2c(Nc3cc(O)c(C)cc3F)ncnc2cc1OCc1ccnc(Cl)c1. The lowest BCUT2D eigenvalue weighted by Gasteiger charge is -2.14. The van der Waals surface area contributed by atoms with E-state index in [0.717, 1.165) is 5.56 Å². The number of fused-ring (bicyclic) bond motifs is 1. The average molecular weight is 441 g/mol. The van der Waals surface area contributed by atoms with Gasteiger partial charge in [0, 0.05) is 23.7 Å². The molecule has 0 bridgehead atoms. The number of aryl methyl sites for hydroxylation is 1. The van der Waals surface area contributed by atoms with Gasteiger partial charge < -0.3 is 19.9 Å². The van der Waals surface area contributed by atoms with Crippen LogP contribution in [-0.2, 0) is 6.61 Å². The van der Waals surface area contributed by atoms with Crippen molar-refractivity contribution in [1.82, 2.24) is 15.0 Å². The number of phenolic OH excluding ortho intramolecular Hbond substituents is 1. The standard InChI is InChI=1S/C22H18ClFN4O3/c1-12-5-15(24)17(8-18(12)29)28-22-14-7-19(30-2)20(9-16(14)26-11-27-22)31-10-13-3-4-25-21(23)6-13/h3-9,11,29H,10H2,1-2H3,(H,26,27,28). The van der Waals surface area contributed by atoms with Gasteiger partial charge in [-0.3, -0.25) is 0 Å². The van der Waals surface area contributed by atoms with Crippen LogP contribution in [0.1, 0.15) is 11.1 Å². The number of anilines is 2. The van der Waals surface area contributed by atoms with E-state index < -0.39 is 5.82 Å². The molecule has 9 heteroatoms. The van der Waals surface area contributed by atoms with Crippen molar-refractivity contribution in [2.75, 3.05) is 12.4 Å². The van der Waals surface area contributed by atoms with Gasteiger partial charge in [-0.1, -0.05) is 11.6 Å². The van der Waals surface area contributed by atoms with Gasteiger partial charge in [0.1, 0.15) is 35.5 Å². The lowest BCUT2D eigenvalue weighted by molar-refractivity contribution is 0.285. The van der Waals surface area contributed by atoms with E-state index in [4.69, 9.17) is 21.1 Å². The normalized spacial score (nSPS) is 10.8. The molecule has 2 N–H and O–H groups in total. The molecule has 0 aliphatic carbocycles. The predicted octanol–water partition coefficient (Wildman–Crippen LogP) is 5.16. The Kier molecular flexibility index (Phi) is 5.73. The smallest absolute Gasteiger partial charge is 0.163 e. The maximum Gasteiger partial charge on any atom is 0.163 e. The number of methoxy groups -OCH3 is 1. The van der Waals surface area contributed by atoms with E-state index >= 15 is 0 Å². The number of nitrogens with zero attached hydrogens (tertiary/aromatic N) is 3. The highest BCUT2D eigenvalue weighted by Crippen LogP contribution is 2.36. The number of hydrogen-bond acceptors (Lipinski definition) is 7. The van der Waals surface area contributed by atoms with E-state index in [-0.39, 0.29) is 18.0 Å². The Morgan fingerprint density at radius 3 is 2.71 bits per heavy atom. The van der Waals surface area contributed by atoms with Crippen molar-refractivity contribution in [3.05, 3.63) is 71.0 Å². The van der Waals surface area contributed by atoms with Gasteiger partial charge in [-0.15, -0.1) is 0 Å². The molecule has 4 aromatic rings. The van der Waals surface area contributed by atoms with Crippen LogP contribution in [-0.4, -0.2) is 27.2 Å². The first-order chi connectivity index (χ1) is 14.9. The van der Waals surface area contributed by atoms with Crippen LogP contribution in [0.4, 0.5) is 15.9 Å². The van der Waals surface area contributed by atoms with Gasteiger partial charge in [-0.05, 0) is 42.3 Å². The first-order valence-electron chi connectivity index (χ1n) is 9.26. The molecule has 31 heavy (non-hydrogen) atoms. The molecule has 2 aromatic carbocycles. The van der Waals surface area contributed by atoms with E-state index in [2.05, 4.69) is 20.3 Å². The van der Waals surface area contributed by atoms with Crippen LogP contribution >= 0.6 is 11.6 Å². The van der Waals surface area contributed by atoms with Gasteiger partial charge in [-0.2, -0.15) is 0 Å².